The third kappa shape index (κ3) is 4.60. The predicted molar refractivity (Wildman–Crippen MR) is 126 cm³/mol. The highest BCUT2D eigenvalue weighted by atomic mass is 32.2. The van der Waals surface area contributed by atoms with Gasteiger partial charge in [-0.1, -0.05) is 54.2 Å². The van der Waals surface area contributed by atoms with Gasteiger partial charge in [0, 0.05) is 7.05 Å². The molecule has 1 aromatic heterocycles. The molecule has 32 heavy (non-hydrogen) atoms. The van der Waals surface area contributed by atoms with Gasteiger partial charge in [-0.05, 0) is 55.4 Å². The molecule has 1 atom stereocenters. The van der Waals surface area contributed by atoms with E-state index in [2.05, 4.69) is 28.4 Å². The molecular weight excluding hydrogens is 422 g/mol. The first-order chi connectivity index (χ1) is 15.5. The summed E-state index contributed by atoms with van der Waals surface area (Å²) in [7, 11) is 1.88. The Kier molecular flexibility index (Phi) is 6.69. The molecule has 2 aromatic carbocycles. The molecule has 0 aliphatic heterocycles. The average molecular weight is 452 g/mol. The van der Waals surface area contributed by atoms with Crippen LogP contribution in [0.4, 0.5) is 0 Å². The molecule has 1 aliphatic rings. The van der Waals surface area contributed by atoms with Crippen LogP contribution in [0.5, 0.6) is 5.75 Å². The van der Waals surface area contributed by atoms with Crippen LogP contribution in [0.1, 0.15) is 47.0 Å². The zero-order valence-electron chi connectivity index (χ0n) is 18.7. The van der Waals surface area contributed by atoms with Crippen molar-refractivity contribution < 1.29 is 9.53 Å². The fourth-order valence-electron chi connectivity index (χ4n) is 4.20. The van der Waals surface area contributed by atoms with Crippen molar-refractivity contribution in [3.63, 3.8) is 0 Å². The van der Waals surface area contributed by atoms with E-state index >= 15 is 0 Å². The van der Waals surface area contributed by atoms with Gasteiger partial charge in [0.05, 0.1) is 11.8 Å². The number of amides is 1. The number of fused-ring (bicyclic) bond motifs is 1. The number of para-hydroxylation sites is 1. The molecule has 0 spiro atoms. The molecule has 0 fully saturated rings. The van der Waals surface area contributed by atoms with Crippen LogP contribution in [0.3, 0.4) is 0 Å². The van der Waals surface area contributed by atoms with Crippen LogP contribution in [0.2, 0.25) is 0 Å². The molecule has 1 amide bonds. The van der Waals surface area contributed by atoms with Gasteiger partial charge >= 0.3 is 0 Å². The van der Waals surface area contributed by atoms with Crippen LogP contribution >= 0.6 is 11.8 Å². The quantitative estimate of drug-likeness (QED) is 0.434. The summed E-state index contributed by atoms with van der Waals surface area (Å²) in [5, 5.41) is 8.80. The van der Waals surface area contributed by atoms with Crippen LogP contribution in [0.25, 0.3) is 0 Å². The van der Waals surface area contributed by atoms with Crippen LogP contribution in [-0.2, 0) is 17.8 Å². The number of hydrogen-bond donors (Lipinski definition) is 1. The minimum absolute atomic E-state index is 0.0491. The van der Waals surface area contributed by atoms with Gasteiger partial charge in [0.1, 0.15) is 12.4 Å². The summed E-state index contributed by atoms with van der Waals surface area (Å²) in [6.45, 7) is 4.22. The van der Waals surface area contributed by atoms with Gasteiger partial charge in [-0.2, -0.15) is 0 Å². The van der Waals surface area contributed by atoms with Crippen molar-refractivity contribution in [2.75, 3.05) is 18.6 Å². The summed E-state index contributed by atoms with van der Waals surface area (Å²) in [5.74, 6) is 7.82. The second-order valence-corrected chi connectivity index (χ2v) is 9.12. The Hall–Kier alpha value is -3.00. The number of rotatable bonds is 7. The summed E-state index contributed by atoms with van der Waals surface area (Å²) in [4.78, 5) is 14.8. The maximum atomic E-state index is 12.9. The molecule has 1 unspecified atom stereocenters. The van der Waals surface area contributed by atoms with E-state index in [9.17, 15) is 4.79 Å². The number of carbonyl (C=O) groups is 1. The smallest absolute Gasteiger partial charge is 0.233 e. The van der Waals surface area contributed by atoms with Crippen molar-refractivity contribution in [3.05, 3.63) is 70.5 Å². The van der Waals surface area contributed by atoms with E-state index in [1.165, 1.54) is 27.6 Å². The number of hydrogen-bond acceptors (Lipinski definition) is 6. The normalized spacial score (nSPS) is 15.3. The van der Waals surface area contributed by atoms with Gasteiger partial charge in [-0.3, -0.25) is 4.79 Å². The number of nitrogen functional groups attached to an aromatic ring is 1. The summed E-state index contributed by atoms with van der Waals surface area (Å²) < 4.78 is 7.34. The van der Waals surface area contributed by atoms with Crippen molar-refractivity contribution in [2.45, 2.75) is 50.9 Å². The number of nitrogens with zero attached hydrogens (tertiary/aromatic N) is 4. The second-order valence-electron chi connectivity index (χ2n) is 8.18. The first-order valence-corrected chi connectivity index (χ1v) is 11.8. The minimum atomic E-state index is 0.0491. The lowest BCUT2D eigenvalue weighted by atomic mass is 9.87. The lowest BCUT2D eigenvalue weighted by Crippen LogP contribution is -2.34. The molecule has 4 rings (SSSR count). The lowest BCUT2D eigenvalue weighted by Gasteiger charge is -2.33. The first kappa shape index (κ1) is 22.2. The highest BCUT2D eigenvalue weighted by Crippen LogP contribution is 2.34. The van der Waals surface area contributed by atoms with Crippen LogP contribution < -0.4 is 10.6 Å². The molecule has 1 heterocycles. The van der Waals surface area contributed by atoms with Gasteiger partial charge in [0.2, 0.25) is 11.1 Å². The summed E-state index contributed by atoms with van der Waals surface area (Å²) in [6, 6.07) is 14.5. The number of carbonyl (C=O) groups excluding carboxylic acids is 1. The van der Waals surface area contributed by atoms with Gasteiger partial charge in [-0.15, -0.1) is 10.2 Å². The number of aryl methyl sites for hydroxylation is 3. The van der Waals surface area contributed by atoms with Gasteiger partial charge in [0.25, 0.3) is 0 Å². The molecule has 0 saturated carbocycles. The molecule has 0 bridgehead atoms. The van der Waals surface area contributed by atoms with Crippen LogP contribution in [-0.4, -0.2) is 38.5 Å². The maximum Gasteiger partial charge on any atom is 0.233 e. The Morgan fingerprint density at radius 1 is 1.19 bits per heavy atom. The fraction of sp³-hybridized carbons (Fsp3) is 0.375. The van der Waals surface area contributed by atoms with Crippen molar-refractivity contribution in [3.8, 4) is 5.75 Å². The lowest BCUT2D eigenvalue weighted by molar-refractivity contribution is -0.129. The Labute approximate surface area is 192 Å². The van der Waals surface area contributed by atoms with Crippen molar-refractivity contribution in [1.29, 1.82) is 0 Å². The van der Waals surface area contributed by atoms with Gasteiger partial charge in [0.15, 0.2) is 5.82 Å². The van der Waals surface area contributed by atoms with Crippen LogP contribution in [0, 0.1) is 13.8 Å². The van der Waals surface area contributed by atoms with Crippen molar-refractivity contribution in [1.82, 2.24) is 19.8 Å². The van der Waals surface area contributed by atoms with E-state index in [1.54, 1.807) is 0 Å². The molecule has 8 heteroatoms. The molecular formula is C24H29N5O2S. The topological polar surface area (TPSA) is 86.3 Å². The highest BCUT2D eigenvalue weighted by Gasteiger charge is 2.26. The standard InChI is InChI=1S/C24H29N5O2S/c1-16-8-6-9-17(2)23(16)31-14-21-26-27-24(29(21)25)32-15-22(30)28(3)20-13-7-11-18-10-4-5-12-19(18)20/h4-6,8-10,12,20H,7,11,13-15,25H2,1-3H3. The molecule has 0 saturated heterocycles. The number of benzene rings is 2. The molecule has 2 N–H and O–H groups in total. The third-order valence-corrected chi connectivity index (χ3v) is 6.94. The molecule has 168 valence electrons. The molecule has 3 aromatic rings. The number of nitrogens with two attached hydrogens (primary N) is 1. The Balaban J connectivity index is 1.36. The number of ether oxygens (including phenoxy) is 1. The zero-order valence-corrected chi connectivity index (χ0v) is 19.6. The van der Waals surface area contributed by atoms with E-state index < -0.39 is 0 Å². The van der Waals surface area contributed by atoms with E-state index in [4.69, 9.17) is 10.6 Å². The van der Waals surface area contributed by atoms with E-state index in [0.29, 0.717) is 11.0 Å². The Bertz CT molecular complexity index is 1090. The van der Waals surface area contributed by atoms with E-state index in [1.807, 2.05) is 50.1 Å². The summed E-state index contributed by atoms with van der Waals surface area (Å²) in [6.07, 6.45) is 3.15. The van der Waals surface area contributed by atoms with Crippen LogP contribution in [0.15, 0.2) is 47.6 Å². The van der Waals surface area contributed by atoms with Gasteiger partial charge in [-0.25, -0.2) is 4.68 Å². The number of aromatic nitrogens is 3. The summed E-state index contributed by atoms with van der Waals surface area (Å²) >= 11 is 1.30. The predicted octanol–water partition coefficient (Wildman–Crippen LogP) is 3.82. The van der Waals surface area contributed by atoms with Gasteiger partial charge < -0.3 is 15.5 Å². The van der Waals surface area contributed by atoms with E-state index in [0.717, 1.165) is 36.1 Å². The maximum absolute atomic E-state index is 12.9. The number of thioether (sulfide) groups is 1. The first-order valence-electron chi connectivity index (χ1n) is 10.8. The zero-order chi connectivity index (χ0) is 22.7. The van der Waals surface area contributed by atoms with Crippen molar-refractivity contribution >= 4 is 17.7 Å². The average Bonchev–Trinajstić information content (AvgIpc) is 3.15. The largest absolute Gasteiger partial charge is 0.485 e. The Morgan fingerprint density at radius 3 is 2.72 bits per heavy atom. The minimum Gasteiger partial charge on any atom is -0.485 e. The monoisotopic (exact) mass is 451 g/mol. The SMILES string of the molecule is Cc1cccc(C)c1OCc1nnc(SCC(=O)N(C)C2CCCc3ccccc32)n1N. The molecule has 0 radical (unpaired) electrons. The van der Waals surface area contributed by atoms with Crippen molar-refractivity contribution in [2.24, 2.45) is 0 Å². The fourth-order valence-corrected chi connectivity index (χ4v) is 5.00. The summed E-state index contributed by atoms with van der Waals surface area (Å²) in [5.41, 5.74) is 4.71. The van der Waals surface area contributed by atoms with E-state index in [-0.39, 0.29) is 24.3 Å². The third-order valence-electron chi connectivity index (χ3n) is 6.01. The Morgan fingerprint density at radius 2 is 1.94 bits per heavy atom. The second kappa shape index (κ2) is 9.65. The molecule has 1 aliphatic carbocycles. The highest BCUT2D eigenvalue weighted by molar-refractivity contribution is 7.99. The molecule has 7 nitrogen and oxygen atoms in total.